The van der Waals surface area contributed by atoms with Gasteiger partial charge in [-0.05, 0) is 31.0 Å². The number of rotatable bonds is 3. The molecule has 0 radical (unpaired) electrons. The van der Waals surface area contributed by atoms with Gasteiger partial charge < -0.3 is 4.74 Å². The van der Waals surface area contributed by atoms with Gasteiger partial charge in [-0.1, -0.05) is 30.3 Å². The van der Waals surface area contributed by atoms with Crippen LogP contribution in [0.2, 0.25) is 0 Å². The molecule has 0 saturated heterocycles. The predicted molar refractivity (Wildman–Crippen MR) is 66.6 cm³/mol. The molecule has 0 aromatic heterocycles. The molecule has 0 atom stereocenters. The molecular weight excluding hydrogens is 234 g/mol. The van der Waals surface area contributed by atoms with E-state index in [-0.39, 0.29) is 12.2 Å². The summed E-state index contributed by atoms with van der Waals surface area (Å²) >= 11 is 0. The maximum Gasteiger partial charge on any atom is 0.165 e. The zero-order valence-electron chi connectivity index (χ0n) is 10.3. The Bertz CT molecular complexity index is 544. The van der Waals surface area contributed by atoms with Crippen molar-refractivity contribution in [3.8, 4) is 5.75 Å². The van der Waals surface area contributed by atoms with E-state index in [0.717, 1.165) is 22.9 Å². The van der Waals surface area contributed by atoms with E-state index in [2.05, 4.69) is 0 Å². The number of benzene rings is 2. The van der Waals surface area contributed by atoms with Crippen molar-refractivity contribution < 1.29 is 13.5 Å². The normalized spacial score (nSPS) is 10.4. The molecule has 94 valence electrons. The molecule has 0 aliphatic carbocycles. The summed E-state index contributed by atoms with van der Waals surface area (Å²) in [5, 5.41) is 0. The second-order valence-corrected chi connectivity index (χ2v) is 4.22. The molecule has 0 heterocycles. The first-order chi connectivity index (χ1) is 8.59. The number of hydrogen-bond donors (Lipinski definition) is 0. The lowest BCUT2D eigenvalue weighted by atomic mass is 10.1. The Morgan fingerprint density at radius 2 is 1.56 bits per heavy atom. The van der Waals surface area contributed by atoms with Crippen molar-refractivity contribution >= 4 is 0 Å². The van der Waals surface area contributed by atoms with Gasteiger partial charge >= 0.3 is 0 Å². The first kappa shape index (κ1) is 12.6. The Morgan fingerprint density at radius 1 is 0.944 bits per heavy atom. The van der Waals surface area contributed by atoms with Crippen LogP contribution < -0.4 is 4.74 Å². The van der Waals surface area contributed by atoms with E-state index < -0.39 is 11.6 Å². The zero-order valence-corrected chi connectivity index (χ0v) is 10.3. The second kappa shape index (κ2) is 5.17. The van der Waals surface area contributed by atoms with Crippen molar-refractivity contribution in [1.82, 2.24) is 0 Å². The van der Waals surface area contributed by atoms with E-state index >= 15 is 0 Å². The Labute approximate surface area is 105 Å². The van der Waals surface area contributed by atoms with Gasteiger partial charge in [-0.25, -0.2) is 8.78 Å². The van der Waals surface area contributed by atoms with Crippen LogP contribution in [0, 0.1) is 25.5 Å². The van der Waals surface area contributed by atoms with E-state index in [0.29, 0.717) is 0 Å². The number of halogens is 2. The number of hydrogen-bond acceptors (Lipinski definition) is 1. The van der Waals surface area contributed by atoms with E-state index in [4.69, 9.17) is 4.74 Å². The highest BCUT2D eigenvalue weighted by atomic mass is 19.2. The van der Waals surface area contributed by atoms with Gasteiger partial charge in [-0.15, -0.1) is 0 Å². The quantitative estimate of drug-likeness (QED) is 0.792. The summed E-state index contributed by atoms with van der Waals surface area (Å²) in [6.45, 7) is 3.86. The Balaban J connectivity index is 2.19. The fourth-order valence-corrected chi connectivity index (χ4v) is 1.84. The van der Waals surface area contributed by atoms with Crippen LogP contribution in [0.4, 0.5) is 8.78 Å². The number of aryl methyl sites for hydroxylation is 2. The van der Waals surface area contributed by atoms with Crippen LogP contribution in [0.5, 0.6) is 5.75 Å². The van der Waals surface area contributed by atoms with Crippen LogP contribution in [-0.2, 0) is 6.61 Å². The maximum atomic E-state index is 13.5. The highest BCUT2D eigenvalue weighted by molar-refractivity contribution is 5.39. The summed E-state index contributed by atoms with van der Waals surface area (Å²) in [6.07, 6.45) is 0. The third-order valence-corrected chi connectivity index (χ3v) is 2.81. The van der Waals surface area contributed by atoms with E-state index in [1.807, 2.05) is 32.0 Å². The van der Waals surface area contributed by atoms with Crippen LogP contribution in [0.25, 0.3) is 0 Å². The molecule has 0 aliphatic heterocycles. The zero-order chi connectivity index (χ0) is 13.1. The van der Waals surface area contributed by atoms with E-state index in [1.165, 1.54) is 12.1 Å². The lowest BCUT2D eigenvalue weighted by Crippen LogP contribution is -2.02. The van der Waals surface area contributed by atoms with Crippen molar-refractivity contribution in [2.24, 2.45) is 0 Å². The highest BCUT2D eigenvalue weighted by Gasteiger charge is 2.09. The molecule has 0 spiro atoms. The molecule has 0 saturated carbocycles. The predicted octanol–water partition coefficient (Wildman–Crippen LogP) is 4.16. The topological polar surface area (TPSA) is 9.23 Å². The molecule has 0 aliphatic rings. The Morgan fingerprint density at radius 3 is 2.22 bits per heavy atom. The van der Waals surface area contributed by atoms with Gasteiger partial charge in [0.2, 0.25) is 0 Å². The van der Waals surface area contributed by atoms with Crippen molar-refractivity contribution in [2.75, 3.05) is 0 Å². The van der Waals surface area contributed by atoms with Crippen LogP contribution in [0.1, 0.15) is 16.7 Å². The first-order valence-corrected chi connectivity index (χ1v) is 5.71. The Kier molecular flexibility index (Phi) is 3.60. The Hall–Kier alpha value is -1.90. The third kappa shape index (κ3) is 2.50. The summed E-state index contributed by atoms with van der Waals surface area (Å²) in [7, 11) is 0. The van der Waals surface area contributed by atoms with Crippen molar-refractivity contribution in [1.29, 1.82) is 0 Å². The average molecular weight is 248 g/mol. The van der Waals surface area contributed by atoms with Crippen LogP contribution in [0.15, 0.2) is 36.4 Å². The largest absolute Gasteiger partial charge is 0.488 e. The lowest BCUT2D eigenvalue weighted by Gasteiger charge is -2.12. The van der Waals surface area contributed by atoms with Crippen molar-refractivity contribution in [2.45, 2.75) is 20.5 Å². The summed E-state index contributed by atoms with van der Waals surface area (Å²) in [5.74, 6) is -0.970. The molecule has 0 amide bonds. The second-order valence-electron chi connectivity index (χ2n) is 4.22. The SMILES string of the molecule is Cc1cccc(C)c1OCc1cccc(F)c1F. The minimum atomic E-state index is -0.849. The molecule has 0 fully saturated rings. The summed E-state index contributed by atoms with van der Waals surface area (Å²) in [5.41, 5.74) is 2.18. The summed E-state index contributed by atoms with van der Waals surface area (Å²) in [6, 6.07) is 9.86. The molecule has 18 heavy (non-hydrogen) atoms. The molecule has 0 bridgehead atoms. The molecule has 0 N–H and O–H groups in total. The molecule has 2 rings (SSSR count). The smallest absolute Gasteiger partial charge is 0.165 e. The van der Waals surface area contributed by atoms with Crippen LogP contribution >= 0.6 is 0 Å². The average Bonchev–Trinajstić information content (AvgIpc) is 2.33. The number of para-hydroxylation sites is 1. The van der Waals surface area contributed by atoms with Crippen molar-refractivity contribution in [3.05, 3.63) is 64.7 Å². The monoisotopic (exact) mass is 248 g/mol. The maximum absolute atomic E-state index is 13.5. The van der Waals surface area contributed by atoms with Gasteiger partial charge in [-0.3, -0.25) is 0 Å². The van der Waals surface area contributed by atoms with Crippen molar-refractivity contribution in [3.63, 3.8) is 0 Å². The van der Waals surface area contributed by atoms with Gasteiger partial charge in [0, 0.05) is 5.56 Å². The van der Waals surface area contributed by atoms with Crippen LogP contribution in [0.3, 0.4) is 0 Å². The minimum absolute atomic E-state index is 0.0231. The molecule has 1 nitrogen and oxygen atoms in total. The first-order valence-electron chi connectivity index (χ1n) is 5.71. The minimum Gasteiger partial charge on any atom is -0.488 e. The molecule has 2 aromatic carbocycles. The molecule has 3 heteroatoms. The molecular formula is C15H14F2O. The van der Waals surface area contributed by atoms with Crippen LogP contribution in [-0.4, -0.2) is 0 Å². The molecule has 2 aromatic rings. The lowest BCUT2D eigenvalue weighted by molar-refractivity contribution is 0.293. The fraction of sp³-hybridized carbons (Fsp3) is 0.200. The third-order valence-electron chi connectivity index (χ3n) is 2.81. The molecule has 0 unspecified atom stereocenters. The summed E-state index contributed by atoms with van der Waals surface area (Å²) < 4.78 is 32.1. The van der Waals surface area contributed by atoms with Gasteiger partial charge in [0.05, 0.1) is 0 Å². The van der Waals surface area contributed by atoms with Gasteiger partial charge in [0.15, 0.2) is 11.6 Å². The van der Waals surface area contributed by atoms with Gasteiger partial charge in [0.1, 0.15) is 12.4 Å². The van der Waals surface area contributed by atoms with E-state index in [1.54, 1.807) is 0 Å². The highest BCUT2D eigenvalue weighted by Crippen LogP contribution is 2.24. The fourth-order valence-electron chi connectivity index (χ4n) is 1.84. The van der Waals surface area contributed by atoms with E-state index in [9.17, 15) is 8.78 Å². The van der Waals surface area contributed by atoms with Gasteiger partial charge in [0.25, 0.3) is 0 Å². The van der Waals surface area contributed by atoms with Gasteiger partial charge in [-0.2, -0.15) is 0 Å². The standard InChI is InChI=1S/C15H14F2O/c1-10-5-3-6-11(2)15(10)18-9-12-7-4-8-13(16)14(12)17/h3-8H,9H2,1-2H3. The summed E-state index contributed by atoms with van der Waals surface area (Å²) in [4.78, 5) is 0. The number of ether oxygens (including phenoxy) is 1.